The number of fused-ring (bicyclic) bond motifs is 1. The van der Waals surface area contributed by atoms with E-state index in [-0.39, 0.29) is 17.5 Å². The summed E-state index contributed by atoms with van der Waals surface area (Å²) in [7, 11) is 1.28. The molecule has 0 amide bonds. The van der Waals surface area contributed by atoms with Crippen molar-refractivity contribution in [1.29, 1.82) is 0 Å². The summed E-state index contributed by atoms with van der Waals surface area (Å²) in [6.45, 7) is 0.200. The molecule has 98 valence electrons. The average molecular weight is 281 g/mol. The van der Waals surface area contributed by atoms with Gasteiger partial charge in [-0.25, -0.2) is 9.48 Å². The van der Waals surface area contributed by atoms with E-state index >= 15 is 0 Å². The fraction of sp³-hybridized carbons (Fsp3) is 0.167. The van der Waals surface area contributed by atoms with Gasteiger partial charge in [-0.3, -0.25) is 0 Å². The molecule has 2 aromatic rings. The molecule has 0 aliphatic carbocycles. The van der Waals surface area contributed by atoms with Crippen molar-refractivity contribution < 1.29 is 19.0 Å². The standard InChI is InChI=1S/C12H9ClN2O4/c1-17-12(16)11-8(13)5-15(14-11)7-2-3-9-10(4-7)19-6-18-9/h2-5H,6H2,1H3. The van der Waals surface area contributed by atoms with Crippen LogP contribution in [0.4, 0.5) is 0 Å². The van der Waals surface area contributed by atoms with Crippen LogP contribution in [0.15, 0.2) is 24.4 Å². The number of rotatable bonds is 2. The Labute approximate surface area is 113 Å². The summed E-state index contributed by atoms with van der Waals surface area (Å²) in [5, 5.41) is 4.32. The number of hydrogen-bond acceptors (Lipinski definition) is 5. The van der Waals surface area contributed by atoms with Crippen LogP contribution in [0.5, 0.6) is 11.5 Å². The van der Waals surface area contributed by atoms with E-state index in [4.69, 9.17) is 21.1 Å². The number of benzene rings is 1. The van der Waals surface area contributed by atoms with Crippen LogP contribution in [0, 0.1) is 0 Å². The lowest BCUT2D eigenvalue weighted by Crippen LogP contribution is -2.04. The number of methoxy groups -OCH3 is 1. The highest BCUT2D eigenvalue weighted by molar-refractivity contribution is 6.33. The van der Waals surface area contributed by atoms with E-state index in [9.17, 15) is 4.79 Å². The highest BCUT2D eigenvalue weighted by Gasteiger charge is 2.18. The number of esters is 1. The number of aromatic nitrogens is 2. The molecule has 0 fully saturated rings. The topological polar surface area (TPSA) is 62.6 Å². The van der Waals surface area contributed by atoms with Gasteiger partial charge in [-0.1, -0.05) is 11.6 Å². The monoisotopic (exact) mass is 280 g/mol. The zero-order valence-electron chi connectivity index (χ0n) is 9.92. The van der Waals surface area contributed by atoms with Gasteiger partial charge in [0.15, 0.2) is 17.2 Å². The Kier molecular flexibility index (Phi) is 2.79. The van der Waals surface area contributed by atoms with Crippen molar-refractivity contribution >= 4 is 17.6 Å². The molecule has 0 spiro atoms. The molecule has 19 heavy (non-hydrogen) atoms. The highest BCUT2D eigenvalue weighted by atomic mass is 35.5. The molecule has 1 aromatic carbocycles. The number of ether oxygens (including phenoxy) is 3. The van der Waals surface area contributed by atoms with Gasteiger partial charge in [-0.05, 0) is 12.1 Å². The number of carbonyl (C=O) groups excluding carboxylic acids is 1. The first-order valence-electron chi connectivity index (χ1n) is 5.42. The van der Waals surface area contributed by atoms with Crippen molar-refractivity contribution in [2.75, 3.05) is 13.9 Å². The molecule has 0 saturated heterocycles. The summed E-state index contributed by atoms with van der Waals surface area (Å²) in [5.41, 5.74) is 0.781. The fourth-order valence-electron chi connectivity index (χ4n) is 1.75. The Hall–Kier alpha value is -2.21. The van der Waals surface area contributed by atoms with Gasteiger partial charge < -0.3 is 14.2 Å². The van der Waals surface area contributed by atoms with Crippen molar-refractivity contribution in [1.82, 2.24) is 9.78 Å². The first-order chi connectivity index (χ1) is 9.19. The maximum Gasteiger partial charge on any atom is 0.360 e. The third-order valence-electron chi connectivity index (χ3n) is 2.67. The third kappa shape index (κ3) is 2.00. The molecule has 0 atom stereocenters. The second-order valence-electron chi connectivity index (χ2n) is 3.80. The molecule has 2 heterocycles. The fourth-order valence-corrected chi connectivity index (χ4v) is 1.96. The molecular formula is C12H9ClN2O4. The van der Waals surface area contributed by atoms with Gasteiger partial charge in [0.1, 0.15) is 0 Å². The zero-order chi connectivity index (χ0) is 13.4. The first kappa shape index (κ1) is 11.9. The second-order valence-corrected chi connectivity index (χ2v) is 4.21. The van der Waals surface area contributed by atoms with Crippen molar-refractivity contribution in [3.8, 4) is 17.2 Å². The Morgan fingerprint density at radius 3 is 3.00 bits per heavy atom. The zero-order valence-corrected chi connectivity index (χ0v) is 10.7. The number of carbonyl (C=O) groups is 1. The molecule has 0 radical (unpaired) electrons. The molecule has 0 N–H and O–H groups in total. The van der Waals surface area contributed by atoms with Crippen LogP contribution < -0.4 is 9.47 Å². The number of hydrogen-bond donors (Lipinski definition) is 0. The minimum Gasteiger partial charge on any atom is -0.464 e. The Morgan fingerprint density at radius 2 is 2.21 bits per heavy atom. The van der Waals surface area contributed by atoms with Gasteiger partial charge in [0, 0.05) is 6.07 Å². The molecule has 6 nitrogen and oxygen atoms in total. The predicted molar refractivity (Wildman–Crippen MR) is 66.0 cm³/mol. The molecule has 1 aliphatic heterocycles. The maximum absolute atomic E-state index is 11.4. The molecule has 1 aromatic heterocycles. The van der Waals surface area contributed by atoms with Gasteiger partial charge in [0.05, 0.1) is 24.0 Å². The smallest absolute Gasteiger partial charge is 0.360 e. The van der Waals surface area contributed by atoms with Crippen LogP contribution >= 0.6 is 11.6 Å². The summed E-state index contributed by atoms with van der Waals surface area (Å²) in [5.74, 6) is 0.725. The molecular weight excluding hydrogens is 272 g/mol. The Morgan fingerprint density at radius 1 is 1.42 bits per heavy atom. The van der Waals surface area contributed by atoms with E-state index in [2.05, 4.69) is 9.84 Å². The normalized spacial score (nSPS) is 12.5. The average Bonchev–Trinajstić information content (AvgIpc) is 3.03. The van der Waals surface area contributed by atoms with Crippen LogP contribution in [-0.2, 0) is 4.74 Å². The van der Waals surface area contributed by atoms with Gasteiger partial charge in [0.25, 0.3) is 0 Å². The van der Waals surface area contributed by atoms with E-state index < -0.39 is 5.97 Å². The number of nitrogens with zero attached hydrogens (tertiary/aromatic N) is 2. The van der Waals surface area contributed by atoms with Gasteiger partial charge >= 0.3 is 5.97 Å². The minimum absolute atomic E-state index is 0.0711. The largest absolute Gasteiger partial charge is 0.464 e. The predicted octanol–water partition coefficient (Wildman–Crippen LogP) is 2.04. The summed E-state index contributed by atoms with van der Waals surface area (Å²) in [6.07, 6.45) is 1.53. The lowest BCUT2D eigenvalue weighted by Gasteiger charge is -2.02. The lowest BCUT2D eigenvalue weighted by molar-refractivity contribution is 0.0593. The van der Waals surface area contributed by atoms with E-state index in [0.717, 1.165) is 0 Å². The van der Waals surface area contributed by atoms with Crippen molar-refractivity contribution in [3.05, 3.63) is 35.1 Å². The maximum atomic E-state index is 11.4. The quantitative estimate of drug-likeness (QED) is 0.788. The van der Waals surface area contributed by atoms with Crippen LogP contribution in [-0.4, -0.2) is 29.7 Å². The molecule has 0 saturated carbocycles. The van der Waals surface area contributed by atoms with Crippen molar-refractivity contribution in [2.45, 2.75) is 0 Å². The summed E-state index contributed by atoms with van der Waals surface area (Å²) >= 11 is 5.95. The van der Waals surface area contributed by atoms with Crippen LogP contribution in [0.2, 0.25) is 5.02 Å². The van der Waals surface area contributed by atoms with Gasteiger partial charge in [-0.15, -0.1) is 0 Å². The van der Waals surface area contributed by atoms with Crippen LogP contribution in [0.1, 0.15) is 10.5 Å². The highest BCUT2D eigenvalue weighted by Crippen LogP contribution is 2.33. The van der Waals surface area contributed by atoms with E-state index in [1.54, 1.807) is 18.2 Å². The summed E-state index contributed by atoms with van der Waals surface area (Å²) in [4.78, 5) is 11.4. The Balaban J connectivity index is 2.01. The van der Waals surface area contributed by atoms with E-state index in [1.165, 1.54) is 18.0 Å². The molecule has 1 aliphatic rings. The third-order valence-corrected chi connectivity index (χ3v) is 2.95. The van der Waals surface area contributed by atoms with Crippen molar-refractivity contribution in [2.24, 2.45) is 0 Å². The summed E-state index contributed by atoms with van der Waals surface area (Å²) < 4.78 is 16.6. The van der Waals surface area contributed by atoms with Crippen LogP contribution in [0.25, 0.3) is 5.69 Å². The molecule has 0 bridgehead atoms. The van der Waals surface area contributed by atoms with E-state index in [0.29, 0.717) is 17.2 Å². The molecule has 3 rings (SSSR count). The minimum atomic E-state index is -0.579. The number of halogens is 1. The second kappa shape index (κ2) is 4.47. The molecule has 0 unspecified atom stereocenters. The van der Waals surface area contributed by atoms with Crippen molar-refractivity contribution in [3.63, 3.8) is 0 Å². The Bertz CT molecular complexity index is 653. The first-order valence-corrected chi connectivity index (χ1v) is 5.80. The van der Waals surface area contributed by atoms with E-state index in [1.807, 2.05) is 0 Å². The lowest BCUT2D eigenvalue weighted by atomic mass is 10.3. The summed E-state index contributed by atoms with van der Waals surface area (Å²) in [6, 6.07) is 5.32. The van der Waals surface area contributed by atoms with Gasteiger partial charge in [0.2, 0.25) is 6.79 Å². The SMILES string of the molecule is COC(=O)c1nn(-c2ccc3c(c2)OCO3)cc1Cl. The molecule has 7 heteroatoms. The van der Waals surface area contributed by atoms with Crippen LogP contribution in [0.3, 0.4) is 0 Å². The van der Waals surface area contributed by atoms with Gasteiger partial charge in [-0.2, -0.15) is 5.10 Å².